The van der Waals surface area contributed by atoms with E-state index < -0.39 is 11.7 Å². The molecule has 1 aromatic rings. The summed E-state index contributed by atoms with van der Waals surface area (Å²) in [5.41, 5.74) is 0.489. The van der Waals surface area contributed by atoms with Gasteiger partial charge in [0, 0.05) is 5.54 Å². The lowest BCUT2D eigenvalue weighted by Gasteiger charge is -2.54. The van der Waals surface area contributed by atoms with Gasteiger partial charge in [-0.25, -0.2) is 4.79 Å². The topological polar surface area (TPSA) is 61.8 Å². The predicted molar refractivity (Wildman–Crippen MR) is 110 cm³/mol. The zero-order chi connectivity index (χ0) is 19.7. The zero-order valence-corrected chi connectivity index (χ0v) is 16.7. The summed E-state index contributed by atoms with van der Waals surface area (Å²) in [5.74, 6) is 0. The summed E-state index contributed by atoms with van der Waals surface area (Å²) in [6.07, 6.45) is 13.8. The molecule has 3 rings (SSSR count). The van der Waals surface area contributed by atoms with Crippen molar-refractivity contribution in [2.75, 3.05) is 6.61 Å². The standard InChI is InChI=1S/C23H32NO4/c25-22(28-19-20-11-4-1-5-12-20)27-18-10-17-23(15-8-3-9-16-23)24(26)21-13-6-2-7-14-21/h1,4-5,10-12,17,21H,2-3,6-9,13-16,18-19H2/q-1. The van der Waals surface area contributed by atoms with E-state index in [4.69, 9.17) is 9.47 Å². The van der Waals surface area contributed by atoms with E-state index in [0.29, 0.717) is 0 Å². The fourth-order valence-electron chi connectivity index (χ4n) is 4.45. The van der Waals surface area contributed by atoms with E-state index in [9.17, 15) is 10.0 Å². The third kappa shape index (κ3) is 5.82. The van der Waals surface area contributed by atoms with Crippen LogP contribution in [-0.4, -0.2) is 29.4 Å². The summed E-state index contributed by atoms with van der Waals surface area (Å²) in [4.78, 5) is 11.8. The Morgan fingerprint density at radius 1 is 1.04 bits per heavy atom. The molecule has 5 nitrogen and oxygen atoms in total. The van der Waals surface area contributed by atoms with Crippen molar-refractivity contribution < 1.29 is 14.3 Å². The van der Waals surface area contributed by atoms with Gasteiger partial charge in [-0.15, -0.1) is 0 Å². The van der Waals surface area contributed by atoms with Crippen molar-refractivity contribution in [2.45, 2.75) is 82.4 Å². The van der Waals surface area contributed by atoms with E-state index in [1.807, 2.05) is 42.5 Å². The zero-order valence-electron chi connectivity index (χ0n) is 16.7. The highest BCUT2D eigenvalue weighted by Crippen LogP contribution is 2.38. The average molecular weight is 387 g/mol. The number of ether oxygens (including phenoxy) is 2. The first-order valence-corrected chi connectivity index (χ1v) is 10.7. The van der Waals surface area contributed by atoms with Crippen molar-refractivity contribution in [3.63, 3.8) is 0 Å². The molecule has 0 radical (unpaired) electrons. The highest BCUT2D eigenvalue weighted by atomic mass is 16.7. The largest absolute Gasteiger partial charge is 0.784 e. The van der Waals surface area contributed by atoms with Gasteiger partial charge in [-0.1, -0.05) is 74.9 Å². The van der Waals surface area contributed by atoms with Gasteiger partial charge in [0.2, 0.25) is 0 Å². The SMILES string of the molecule is O=C(OCC=CC1(N([O-])C2CCCCC2)CCCCC1)OCc1ccccc1. The molecule has 0 spiro atoms. The van der Waals surface area contributed by atoms with Crippen LogP contribution in [0.2, 0.25) is 0 Å². The Kier molecular flexibility index (Phi) is 7.92. The number of carbonyl (C=O) groups excluding carboxylic acids is 1. The lowest BCUT2D eigenvalue weighted by Crippen LogP contribution is -2.50. The number of hydroxylamine groups is 2. The highest BCUT2D eigenvalue weighted by molar-refractivity contribution is 5.60. The summed E-state index contributed by atoms with van der Waals surface area (Å²) in [6, 6.07) is 9.64. The normalized spacial score (nSPS) is 20.4. The Hall–Kier alpha value is -1.85. The van der Waals surface area contributed by atoms with Crippen LogP contribution in [0.3, 0.4) is 0 Å². The van der Waals surface area contributed by atoms with Crippen LogP contribution >= 0.6 is 0 Å². The van der Waals surface area contributed by atoms with Crippen LogP contribution in [0.15, 0.2) is 42.5 Å². The van der Waals surface area contributed by atoms with Crippen LogP contribution in [0, 0.1) is 5.21 Å². The van der Waals surface area contributed by atoms with E-state index in [-0.39, 0.29) is 19.3 Å². The molecule has 2 aliphatic carbocycles. The second kappa shape index (κ2) is 10.6. The first kappa shape index (κ1) is 20.9. The van der Waals surface area contributed by atoms with Gasteiger partial charge < -0.3 is 19.7 Å². The number of hydrogen-bond acceptors (Lipinski definition) is 5. The fraction of sp³-hybridized carbons (Fsp3) is 0.609. The lowest BCUT2D eigenvalue weighted by atomic mass is 9.79. The van der Waals surface area contributed by atoms with Gasteiger partial charge in [0.05, 0.1) is 0 Å². The predicted octanol–water partition coefficient (Wildman–Crippen LogP) is 5.73. The molecule has 5 heteroatoms. The van der Waals surface area contributed by atoms with Gasteiger partial charge >= 0.3 is 6.16 Å². The maximum absolute atomic E-state index is 13.2. The van der Waals surface area contributed by atoms with Gasteiger partial charge in [-0.05, 0) is 43.4 Å². The maximum Gasteiger partial charge on any atom is 0.508 e. The third-order valence-corrected chi connectivity index (χ3v) is 5.99. The molecular formula is C23H32NO4-. The molecule has 1 aromatic carbocycles. The Balaban J connectivity index is 1.49. The molecule has 0 amide bonds. The second-order valence-electron chi connectivity index (χ2n) is 8.02. The maximum atomic E-state index is 13.2. The molecule has 0 saturated heterocycles. The van der Waals surface area contributed by atoms with Gasteiger partial charge in [-0.2, -0.15) is 0 Å². The van der Waals surface area contributed by atoms with E-state index in [0.717, 1.165) is 56.9 Å². The Labute approximate surface area is 168 Å². The minimum Gasteiger partial charge on any atom is -0.784 e. The molecule has 154 valence electrons. The van der Waals surface area contributed by atoms with Crippen molar-refractivity contribution >= 4 is 6.16 Å². The third-order valence-electron chi connectivity index (χ3n) is 5.99. The van der Waals surface area contributed by atoms with Gasteiger partial charge in [-0.3, -0.25) is 0 Å². The molecule has 0 aromatic heterocycles. The van der Waals surface area contributed by atoms with Crippen molar-refractivity contribution in [3.05, 3.63) is 53.3 Å². The fourth-order valence-corrected chi connectivity index (χ4v) is 4.45. The lowest BCUT2D eigenvalue weighted by molar-refractivity contribution is 0.0563. The summed E-state index contributed by atoms with van der Waals surface area (Å²) in [6.45, 7) is 0.331. The van der Waals surface area contributed by atoms with Crippen LogP contribution in [0.1, 0.15) is 69.8 Å². The first-order chi connectivity index (χ1) is 13.7. The molecule has 0 aliphatic heterocycles. The van der Waals surface area contributed by atoms with Gasteiger partial charge in [0.15, 0.2) is 0 Å². The molecule has 0 N–H and O–H groups in total. The summed E-state index contributed by atoms with van der Waals surface area (Å²) < 4.78 is 10.3. The Morgan fingerprint density at radius 2 is 1.71 bits per heavy atom. The molecule has 0 heterocycles. The summed E-state index contributed by atoms with van der Waals surface area (Å²) in [7, 11) is 0. The molecule has 2 aliphatic rings. The first-order valence-electron chi connectivity index (χ1n) is 10.7. The minimum absolute atomic E-state index is 0.133. The highest BCUT2D eigenvalue weighted by Gasteiger charge is 2.34. The van der Waals surface area contributed by atoms with Gasteiger partial charge in [0.25, 0.3) is 0 Å². The monoisotopic (exact) mass is 386 g/mol. The van der Waals surface area contributed by atoms with E-state index in [1.165, 1.54) is 17.9 Å². The molecular weight excluding hydrogens is 354 g/mol. The van der Waals surface area contributed by atoms with Gasteiger partial charge in [0.1, 0.15) is 13.2 Å². The molecule has 28 heavy (non-hydrogen) atoms. The van der Waals surface area contributed by atoms with Crippen molar-refractivity contribution in [1.29, 1.82) is 0 Å². The van der Waals surface area contributed by atoms with Crippen molar-refractivity contribution in [2.24, 2.45) is 0 Å². The van der Waals surface area contributed by atoms with Crippen LogP contribution in [0.4, 0.5) is 4.79 Å². The van der Waals surface area contributed by atoms with E-state index in [2.05, 4.69) is 0 Å². The second-order valence-corrected chi connectivity index (χ2v) is 8.02. The number of benzene rings is 1. The summed E-state index contributed by atoms with van der Waals surface area (Å²) in [5, 5.41) is 14.6. The number of nitrogens with zero attached hydrogens (tertiary/aromatic N) is 1. The molecule has 0 bridgehead atoms. The Morgan fingerprint density at radius 3 is 2.43 bits per heavy atom. The van der Waals surface area contributed by atoms with Crippen molar-refractivity contribution in [3.8, 4) is 0 Å². The van der Waals surface area contributed by atoms with E-state index in [1.54, 1.807) is 0 Å². The molecule has 2 saturated carbocycles. The molecule has 0 atom stereocenters. The smallest absolute Gasteiger partial charge is 0.508 e. The number of carbonyl (C=O) groups is 1. The van der Waals surface area contributed by atoms with Crippen LogP contribution in [-0.2, 0) is 16.1 Å². The van der Waals surface area contributed by atoms with Crippen LogP contribution in [0.25, 0.3) is 0 Å². The molecule has 2 fully saturated rings. The number of hydrogen-bond donors (Lipinski definition) is 0. The Bertz CT molecular complexity index is 619. The quantitative estimate of drug-likeness (QED) is 0.340. The van der Waals surface area contributed by atoms with Crippen LogP contribution < -0.4 is 0 Å². The van der Waals surface area contributed by atoms with Crippen molar-refractivity contribution in [1.82, 2.24) is 5.06 Å². The summed E-state index contributed by atoms with van der Waals surface area (Å²) >= 11 is 0. The minimum atomic E-state index is -0.683. The molecule has 0 unspecified atom stereocenters. The number of rotatable bonds is 7. The van der Waals surface area contributed by atoms with Crippen LogP contribution in [0.5, 0.6) is 0 Å². The average Bonchev–Trinajstić information content (AvgIpc) is 2.77. The van der Waals surface area contributed by atoms with E-state index >= 15 is 0 Å².